The van der Waals surface area contributed by atoms with Crippen molar-refractivity contribution in [3.05, 3.63) is 107 Å². The highest BCUT2D eigenvalue weighted by atomic mass is 16.2. The third kappa shape index (κ3) is 14.3. The van der Waals surface area contributed by atoms with Crippen LogP contribution in [0.3, 0.4) is 0 Å². The highest BCUT2D eigenvalue weighted by molar-refractivity contribution is 6.01. The summed E-state index contributed by atoms with van der Waals surface area (Å²) < 4.78 is 0. The molecule has 0 bridgehead atoms. The summed E-state index contributed by atoms with van der Waals surface area (Å²) >= 11 is 0. The summed E-state index contributed by atoms with van der Waals surface area (Å²) in [5.74, 6) is -4.06. The van der Waals surface area contributed by atoms with Gasteiger partial charge in [-0.2, -0.15) is 0 Å². The number of hydrogen-bond acceptors (Lipinski definition) is 10. The van der Waals surface area contributed by atoms with Gasteiger partial charge in [-0.15, -0.1) is 0 Å². The molecule has 0 aromatic heterocycles. The Labute approximate surface area is 424 Å². The average Bonchev–Trinajstić information content (AvgIpc) is 4.03. The fraction of sp³-hybridized carbons (Fsp3) is 0.519. The van der Waals surface area contributed by atoms with Gasteiger partial charge < -0.3 is 52.3 Å². The van der Waals surface area contributed by atoms with Crippen molar-refractivity contribution >= 4 is 47.3 Å². The minimum Gasteiger partial charge on any atom is -0.348 e. The molecule has 8 amide bonds. The van der Waals surface area contributed by atoms with E-state index in [4.69, 9.17) is 0 Å². The van der Waals surface area contributed by atoms with Crippen molar-refractivity contribution in [3.63, 3.8) is 0 Å². The van der Waals surface area contributed by atoms with Crippen molar-refractivity contribution in [2.24, 2.45) is 11.8 Å². The molecule has 72 heavy (non-hydrogen) atoms. The first-order valence-electron chi connectivity index (χ1n) is 25.3. The number of rotatable bonds is 22. The van der Waals surface area contributed by atoms with E-state index in [9.17, 15) is 38.4 Å². The van der Waals surface area contributed by atoms with Gasteiger partial charge in [0, 0.05) is 36.3 Å². The van der Waals surface area contributed by atoms with Crippen LogP contribution in [-0.4, -0.2) is 133 Å². The summed E-state index contributed by atoms with van der Waals surface area (Å²) in [6.45, 7) is 14.6. The maximum Gasteiger partial charge on any atom is 0.251 e. The van der Waals surface area contributed by atoms with E-state index in [0.29, 0.717) is 12.8 Å². The van der Waals surface area contributed by atoms with Gasteiger partial charge in [0.1, 0.15) is 24.2 Å². The van der Waals surface area contributed by atoms with E-state index >= 15 is 0 Å². The Balaban J connectivity index is 1.35. The van der Waals surface area contributed by atoms with Gasteiger partial charge in [-0.3, -0.25) is 38.4 Å². The molecule has 3 aromatic rings. The van der Waals surface area contributed by atoms with Gasteiger partial charge in [0.25, 0.3) is 11.8 Å². The van der Waals surface area contributed by atoms with Gasteiger partial charge >= 0.3 is 0 Å². The zero-order chi connectivity index (χ0) is 52.8. The maximum absolute atomic E-state index is 14.5. The second-order valence-electron chi connectivity index (χ2n) is 19.5. The Morgan fingerprint density at radius 2 is 0.875 bits per heavy atom. The van der Waals surface area contributed by atoms with Crippen molar-refractivity contribution in [2.75, 3.05) is 27.2 Å². The Kier molecular flexibility index (Phi) is 20.4. The summed E-state index contributed by atoms with van der Waals surface area (Å²) in [6.07, 6.45) is 1.32. The van der Waals surface area contributed by atoms with Crippen molar-refractivity contribution in [1.29, 1.82) is 0 Å². The van der Waals surface area contributed by atoms with Crippen LogP contribution in [-0.2, 0) is 28.8 Å². The molecule has 0 radical (unpaired) electrons. The van der Waals surface area contributed by atoms with Crippen LogP contribution < -0.4 is 42.5 Å². The van der Waals surface area contributed by atoms with Crippen LogP contribution in [0.25, 0.3) is 0 Å². The molecule has 0 spiro atoms. The Morgan fingerprint density at radius 3 is 1.21 bits per heavy atom. The molecular formula is C54H76N10O8. The molecule has 12 atom stereocenters. The summed E-state index contributed by atoms with van der Waals surface area (Å²) in [5.41, 5.74) is 2.04. The first-order valence-corrected chi connectivity index (χ1v) is 25.3. The van der Waals surface area contributed by atoms with Crippen LogP contribution in [0.5, 0.6) is 0 Å². The van der Waals surface area contributed by atoms with Gasteiger partial charge in [-0.05, 0) is 95.8 Å². The average molecular weight is 993 g/mol. The topological polar surface area (TPSA) is 239 Å². The van der Waals surface area contributed by atoms with Crippen LogP contribution >= 0.6 is 0 Å². The molecule has 8 N–H and O–H groups in total. The van der Waals surface area contributed by atoms with Gasteiger partial charge in [0.15, 0.2) is 0 Å². The van der Waals surface area contributed by atoms with Gasteiger partial charge in [-0.25, -0.2) is 0 Å². The van der Waals surface area contributed by atoms with Crippen LogP contribution in [0.2, 0.25) is 0 Å². The number of hydrogen-bond donors (Lipinski definition) is 8. The van der Waals surface area contributed by atoms with Crippen molar-refractivity contribution in [3.8, 4) is 0 Å². The normalized spacial score (nSPS) is 20.9. The van der Waals surface area contributed by atoms with E-state index in [1.165, 1.54) is 15.9 Å². The number of nitrogens with one attached hydrogen (secondary N) is 8. The summed E-state index contributed by atoms with van der Waals surface area (Å²) in [7, 11) is 3.29. The number of nitrogens with zero attached hydrogens (tertiary/aromatic N) is 2. The number of amides is 8. The predicted molar refractivity (Wildman–Crippen MR) is 275 cm³/mol. The van der Waals surface area contributed by atoms with E-state index in [1.54, 1.807) is 46.1 Å². The highest BCUT2D eigenvalue weighted by Crippen LogP contribution is 2.26. The molecule has 2 aliphatic heterocycles. The molecule has 18 heteroatoms. The summed E-state index contributed by atoms with van der Waals surface area (Å²) in [5, 5.41) is 23.6. The molecule has 2 aliphatic rings. The maximum atomic E-state index is 14.5. The van der Waals surface area contributed by atoms with E-state index in [2.05, 4.69) is 42.5 Å². The lowest BCUT2D eigenvalue weighted by molar-refractivity contribution is -0.143. The first-order chi connectivity index (χ1) is 34.3. The molecule has 2 heterocycles. The number of benzene rings is 3. The minimum absolute atomic E-state index is 0.0151. The van der Waals surface area contributed by atoms with E-state index < -0.39 is 83.8 Å². The lowest BCUT2D eigenvalue weighted by Gasteiger charge is -2.32. The Morgan fingerprint density at radius 1 is 0.514 bits per heavy atom. The van der Waals surface area contributed by atoms with Gasteiger partial charge in [0.05, 0.1) is 24.2 Å². The van der Waals surface area contributed by atoms with Crippen LogP contribution in [0.4, 0.5) is 0 Å². The number of likely N-dealkylation sites (N-methyl/N-ethyl adjacent to an activating group) is 2. The fourth-order valence-electron chi connectivity index (χ4n) is 9.02. The standard InChI is InChI=1S/C54H76N10O8/c1-11-31(3)45(61-47(65)35(7)55-9)53(71)63-29-41(27-43(63)51(69)57-33(5)37-20-15-13-16-21-37)59-49(67)39-24-19-25-40(26-39)50(68)60-42-28-44(52(70)58-34(6)38-22-17-14-18-23-38)64(30-42)54(72)46(32(4)12-2)62-48(66)36(8)56-10/h13-26,31-36,41-46,55-56H,11-12,27-30H2,1-10H3,(H,57,69)(H,58,70)(H,59,67)(H,60,68)(H,61,65)(H,62,66)/t31-,32-,33+,34?,35-,36-,41-,42-,43-,44-,45?,46?/m0/s1. The molecule has 2 fully saturated rings. The zero-order valence-electron chi connectivity index (χ0n) is 43.4. The number of likely N-dealkylation sites (tertiary alicyclic amines) is 2. The monoisotopic (exact) mass is 993 g/mol. The molecule has 0 aliphatic carbocycles. The lowest BCUT2D eigenvalue weighted by Crippen LogP contribution is -2.57. The van der Waals surface area contributed by atoms with Gasteiger partial charge in [-0.1, -0.05) is 107 Å². The van der Waals surface area contributed by atoms with E-state index in [-0.39, 0.29) is 72.8 Å². The molecule has 5 rings (SSSR count). The third-order valence-electron chi connectivity index (χ3n) is 14.4. The van der Waals surface area contributed by atoms with Crippen LogP contribution in [0, 0.1) is 11.8 Å². The van der Waals surface area contributed by atoms with Crippen LogP contribution in [0.15, 0.2) is 84.9 Å². The molecule has 3 aromatic carbocycles. The summed E-state index contributed by atoms with van der Waals surface area (Å²) in [4.78, 5) is 114. The summed E-state index contributed by atoms with van der Waals surface area (Å²) in [6, 6.07) is 17.8. The van der Waals surface area contributed by atoms with Gasteiger partial charge in [0.2, 0.25) is 35.4 Å². The van der Waals surface area contributed by atoms with Crippen LogP contribution in [0.1, 0.15) is 125 Å². The molecule has 2 saturated heterocycles. The molecule has 18 nitrogen and oxygen atoms in total. The number of carbonyl (C=O) groups is 8. The second-order valence-corrected chi connectivity index (χ2v) is 19.5. The molecular weight excluding hydrogens is 917 g/mol. The zero-order valence-corrected chi connectivity index (χ0v) is 43.4. The minimum atomic E-state index is -0.977. The quantitative estimate of drug-likeness (QED) is 0.0732. The largest absolute Gasteiger partial charge is 0.348 e. The fourth-order valence-corrected chi connectivity index (χ4v) is 9.02. The first kappa shape index (κ1) is 56.3. The van der Waals surface area contributed by atoms with Crippen molar-refractivity contribution < 1.29 is 38.4 Å². The smallest absolute Gasteiger partial charge is 0.251 e. The second kappa shape index (κ2) is 26.2. The highest BCUT2D eigenvalue weighted by Gasteiger charge is 2.46. The SMILES string of the molecule is CC[C@H](C)C(NC(=O)[C@H](C)NC)C(=O)N1C[C@@H](NC(=O)c2cccc(C(=O)N[C@H]3C[C@@H](C(=O)N[C@H](C)c4ccccc4)N(C(=O)C(NC(=O)[C@H](C)NC)[C@@H](C)CC)C3)c2)C[C@H]1C(=O)NC(C)c1ccccc1. The van der Waals surface area contributed by atoms with Crippen molar-refractivity contribution in [2.45, 2.75) is 141 Å². The Bertz CT molecular complexity index is 2210. The Hall–Kier alpha value is -6.66. The number of carbonyl (C=O) groups excluding carboxylic acids is 8. The van der Waals surface area contributed by atoms with E-state index in [0.717, 1.165) is 11.1 Å². The molecule has 390 valence electrons. The predicted octanol–water partition coefficient (Wildman–Crippen LogP) is 3.12. The van der Waals surface area contributed by atoms with E-state index in [1.807, 2.05) is 102 Å². The lowest BCUT2D eigenvalue weighted by atomic mass is 9.97. The molecule has 0 saturated carbocycles. The van der Waals surface area contributed by atoms with Crippen molar-refractivity contribution in [1.82, 2.24) is 52.3 Å². The molecule has 3 unspecified atom stereocenters. The third-order valence-corrected chi connectivity index (χ3v) is 14.4.